The van der Waals surface area contributed by atoms with Crippen LogP contribution in [0.1, 0.15) is 26.3 Å². The van der Waals surface area contributed by atoms with Gasteiger partial charge in [-0.2, -0.15) is 0 Å². The first-order valence-corrected chi connectivity index (χ1v) is 12.8. The van der Waals surface area contributed by atoms with E-state index in [0.29, 0.717) is 6.61 Å². The molecule has 0 atom stereocenters. The van der Waals surface area contributed by atoms with Crippen molar-refractivity contribution in [1.82, 2.24) is 4.98 Å². The Balaban J connectivity index is 1.60. The molecule has 1 aromatic heterocycles. The minimum atomic E-state index is -1.72. The molecule has 0 aliphatic carbocycles. The molecule has 0 amide bonds. The van der Waals surface area contributed by atoms with E-state index in [0.717, 1.165) is 32.0 Å². The number of aromatic nitrogens is 1. The van der Waals surface area contributed by atoms with Crippen LogP contribution in [0.5, 0.6) is 0 Å². The average Bonchev–Trinajstić information content (AvgIpc) is 2.67. The summed E-state index contributed by atoms with van der Waals surface area (Å²) in [6, 6.07) is 15.0. The van der Waals surface area contributed by atoms with Gasteiger partial charge in [0.25, 0.3) is 0 Å². The van der Waals surface area contributed by atoms with Crippen molar-refractivity contribution in [2.45, 2.75) is 45.5 Å². The number of hydrogen-bond acceptors (Lipinski definition) is 4. The van der Waals surface area contributed by atoms with Gasteiger partial charge in [-0.3, -0.25) is 0 Å². The molecular weight excluding hydrogens is 350 g/mol. The molecule has 3 rings (SSSR count). The number of piperazine rings is 1. The Kier molecular flexibility index (Phi) is 5.91. The van der Waals surface area contributed by atoms with Crippen LogP contribution in [0, 0.1) is 0 Å². The molecule has 0 spiro atoms. The highest BCUT2D eigenvalue weighted by Crippen LogP contribution is 2.37. The monoisotopic (exact) mass is 383 g/mol. The van der Waals surface area contributed by atoms with Crippen LogP contribution in [0.2, 0.25) is 18.1 Å². The smallest absolute Gasteiger partial charge is 0.192 e. The lowest BCUT2D eigenvalue weighted by molar-refractivity contribution is 0.276. The third-order valence-electron chi connectivity index (χ3n) is 5.93. The van der Waals surface area contributed by atoms with E-state index in [-0.39, 0.29) is 5.04 Å². The van der Waals surface area contributed by atoms with Gasteiger partial charge in [-0.15, -0.1) is 0 Å². The van der Waals surface area contributed by atoms with Crippen molar-refractivity contribution >= 4 is 19.8 Å². The molecule has 146 valence electrons. The van der Waals surface area contributed by atoms with Gasteiger partial charge in [0.1, 0.15) is 5.82 Å². The maximum atomic E-state index is 6.40. The number of anilines is 2. The van der Waals surface area contributed by atoms with Gasteiger partial charge < -0.3 is 14.2 Å². The second kappa shape index (κ2) is 8.03. The summed E-state index contributed by atoms with van der Waals surface area (Å²) in [4.78, 5) is 9.31. The van der Waals surface area contributed by atoms with E-state index in [1.54, 1.807) is 0 Å². The highest BCUT2D eigenvalue weighted by molar-refractivity contribution is 6.74. The lowest BCUT2D eigenvalue weighted by atomic mass is 10.2. The standard InChI is InChI=1S/C22H33N3OSi/c1-22(2,3)27(4,5)26-18-19-9-8-10-20(17-19)24-13-15-25(16-14-24)21-11-6-7-12-23-21/h6-12,17H,13-16,18H2,1-5H3. The van der Waals surface area contributed by atoms with Crippen molar-refractivity contribution in [3.05, 3.63) is 54.2 Å². The van der Waals surface area contributed by atoms with E-state index < -0.39 is 8.32 Å². The summed E-state index contributed by atoms with van der Waals surface area (Å²) >= 11 is 0. The van der Waals surface area contributed by atoms with Gasteiger partial charge in [0.15, 0.2) is 8.32 Å². The molecule has 1 aliphatic heterocycles. The van der Waals surface area contributed by atoms with E-state index in [1.165, 1.54) is 11.3 Å². The Morgan fingerprint density at radius 1 is 0.963 bits per heavy atom. The SMILES string of the molecule is CC(C)(C)[Si](C)(C)OCc1cccc(N2CCN(c3ccccn3)CC2)c1. The Morgan fingerprint density at radius 2 is 1.67 bits per heavy atom. The Bertz CT molecular complexity index is 735. The van der Waals surface area contributed by atoms with Gasteiger partial charge in [-0.05, 0) is 48.0 Å². The van der Waals surface area contributed by atoms with Crippen LogP contribution in [-0.2, 0) is 11.0 Å². The summed E-state index contributed by atoms with van der Waals surface area (Å²) in [6.07, 6.45) is 1.87. The molecule has 0 radical (unpaired) electrons. The molecule has 1 aliphatic rings. The zero-order valence-electron chi connectivity index (χ0n) is 17.4. The fourth-order valence-corrected chi connectivity index (χ4v) is 4.02. The molecule has 1 fully saturated rings. The first kappa shape index (κ1) is 19.9. The van der Waals surface area contributed by atoms with Crippen molar-refractivity contribution in [2.24, 2.45) is 0 Å². The summed E-state index contributed by atoms with van der Waals surface area (Å²) < 4.78 is 6.40. The van der Waals surface area contributed by atoms with Crippen molar-refractivity contribution in [3.8, 4) is 0 Å². The minimum absolute atomic E-state index is 0.242. The molecule has 1 aromatic carbocycles. The summed E-state index contributed by atoms with van der Waals surface area (Å²) in [6.45, 7) is 16.2. The predicted octanol–water partition coefficient (Wildman–Crippen LogP) is 4.93. The number of rotatable bonds is 5. The lowest BCUT2D eigenvalue weighted by Crippen LogP contribution is -2.46. The molecule has 0 unspecified atom stereocenters. The fourth-order valence-electron chi connectivity index (χ4n) is 3.06. The largest absolute Gasteiger partial charge is 0.413 e. The van der Waals surface area contributed by atoms with E-state index in [9.17, 15) is 0 Å². The maximum Gasteiger partial charge on any atom is 0.192 e. The highest BCUT2D eigenvalue weighted by Gasteiger charge is 2.37. The normalized spacial score (nSPS) is 15.9. The van der Waals surface area contributed by atoms with E-state index in [4.69, 9.17) is 4.43 Å². The van der Waals surface area contributed by atoms with Gasteiger partial charge in [0, 0.05) is 38.1 Å². The van der Waals surface area contributed by atoms with Crippen molar-refractivity contribution in [3.63, 3.8) is 0 Å². The molecule has 4 nitrogen and oxygen atoms in total. The Hall–Kier alpha value is -1.85. The van der Waals surface area contributed by atoms with Crippen LogP contribution in [0.25, 0.3) is 0 Å². The number of pyridine rings is 1. The van der Waals surface area contributed by atoms with E-state index >= 15 is 0 Å². The predicted molar refractivity (Wildman–Crippen MR) is 117 cm³/mol. The highest BCUT2D eigenvalue weighted by atomic mass is 28.4. The Labute approximate surface area is 165 Å². The fraction of sp³-hybridized carbons (Fsp3) is 0.500. The topological polar surface area (TPSA) is 28.6 Å². The van der Waals surface area contributed by atoms with Gasteiger partial charge in [-0.25, -0.2) is 4.98 Å². The lowest BCUT2D eigenvalue weighted by Gasteiger charge is -2.37. The van der Waals surface area contributed by atoms with Crippen molar-refractivity contribution in [2.75, 3.05) is 36.0 Å². The van der Waals surface area contributed by atoms with Gasteiger partial charge >= 0.3 is 0 Å². The maximum absolute atomic E-state index is 6.40. The molecular formula is C22H33N3OSi. The summed E-state index contributed by atoms with van der Waals surface area (Å²) in [5.41, 5.74) is 2.57. The first-order valence-electron chi connectivity index (χ1n) is 9.90. The number of benzene rings is 1. The minimum Gasteiger partial charge on any atom is -0.413 e. The third-order valence-corrected chi connectivity index (χ3v) is 10.4. The van der Waals surface area contributed by atoms with E-state index in [1.807, 2.05) is 12.3 Å². The quantitative estimate of drug-likeness (QED) is 0.685. The molecule has 1 saturated heterocycles. The first-order chi connectivity index (χ1) is 12.8. The molecule has 2 heterocycles. The van der Waals surface area contributed by atoms with Crippen molar-refractivity contribution < 1.29 is 4.43 Å². The number of hydrogen-bond donors (Lipinski definition) is 0. The second-order valence-corrected chi connectivity index (χ2v) is 13.7. The molecule has 2 aromatic rings. The van der Waals surface area contributed by atoms with Gasteiger partial charge in [0.05, 0.1) is 6.61 Å². The molecule has 5 heteroatoms. The zero-order chi connectivity index (χ0) is 19.5. The summed E-state index contributed by atoms with van der Waals surface area (Å²) in [5.74, 6) is 1.08. The summed E-state index contributed by atoms with van der Waals surface area (Å²) in [7, 11) is -1.72. The third kappa shape index (κ3) is 4.90. The van der Waals surface area contributed by atoms with Crippen LogP contribution in [0.15, 0.2) is 48.7 Å². The van der Waals surface area contributed by atoms with Gasteiger partial charge in [-0.1, -0.05) is 39.0 Å². The number of nitrogens with zero attached hydrogens (tertiary/aromatic N) is 3. The molecule has 0 saturated carbocycles. The van der Waals surface area contributed by atoms with Crippen LogP contribution in [-0.4, -0.2) is 39.5 Å². The molecule has 27 heavy (non-hydrogen) atoms. The van der Waals surface area contributed by atoms with Gasteiger partial charge in [0.2, 0.25) is 0 Å². The zero-order valence-corrected chi connectivity index (χ0v) is 18.4. The average molecular weight is 384 g/mol. The van der Waals surface area contributed by atoms with Crippen LogP contribution in [0.4, 0.5) is 11.5 Å². The molecule has 0 N–H and O–H groups in total. The van der Waals surface area contributed by atoms with Crippen LogP contribution >= 0.6 is 0 Å². The van der Waals surface area contributed by atoms with Crippen LogP contribution in [0.3, 0.4) is 0 Å². The van der Waals surface area contributed by atoms with Crippen molar-refractivity contribution in [1.29, 1.82) is 0 Å². The van der Waals surface area contributed by atoms with E-state index in [2.05, 4.69) is 85.0 Å². The molecule has 0 bridgehead atoms. The Morgan fingerprint density at radius 3 is 2.30 bits per heavy atom. The summed E-state index contributed by atoms with van der Waals surface area (Å²) in [5, 5.41) is 0.242. The van der Waals surface area contributed by atoms with Crippen LogP contribution < -0.4 is 9.80 Å². The second-order valence-electron chi connectivity index (χ2n) is 8.88.